The largest absolute Gasteiger partial charge is 0.488 e. The third-order valence-corrected chi connectivity index (χ3v) is 5.57. The molecule has 4 rings (SSSR count). The monoisotopic (exact) mass is 440 g/mol. The molecule has 0 radical (unpaired) electrons. The zero-order valence-electron chi connectivity index (χ0n) is 19.7. The lowest BCUT2D eigenvalue weighted by Gasteiger charge is -2.27. The Bertz CT molecular complexity index is 1310. The molecule has 0 saturated heterocycles. The van der Waals surface area contributed by atoms with Crippen molar-refractivity contribution in [3.8, 4) is 11.5 Å². The first-order valence-corrected chi connectivity index (χ1v) is 10.8. The van der Waals surface area contributed by atoms with E-state index in [0.717, 1.165) is 16.6 Å². The number of halogens is 2. The number of fused-ring (bicyclic) bond motifs is 2. The van der Waals surface area contributed by atoms with Crippen LogP contribution in [0, 0.1) is 18.6 Å². The molecule has 2 aromatic heterocycles. The van der Waals surface area contributed by atoms with E-state index in [0.29, 0.717) is 22.2 Å². The Kier molecular flexibility index (Phi) is 5.23. The number of hydrogen-bond acceptors (Lipinski definition) is 2. The van der Waals surface area contributed by atoms with Crippen LogP contribution in [0.2, 0.25) is 0 Å². The summed E-state index contributed by atoms with van der Waals surface area (Å²) in [4.78, 5) is 3.05. The van der Waals surface area contributed by atoms with E-state index in [1.807, 2.05) is 65.3 Å². The second-order valence-electron chi connectivity index (χ2n) is 10.0. The van der Waals surface area contributed by atoms with E-state index < -0.39 is 11.4 Å². The normalized spacial score (nSPS) is 12.7. The fraction of sp³-hybridized carbons (Fsp3) is 0.385. The molecule has 4 nitrogen and oxygen atoms in total. The lowest BCUT2D eigenvalue weighted by molar-refractivity contribution is 0.102. The number of aromatic nitrogens is 2. The molecule has 2 aromatic carbocycles. The quantitative estimate of drug-likeness (QED) is 0.370. The van der Waals surface area contributed by atoms with E-state index >= 15 is 8.78 Å². The first-order valence-electron chi connectivity index (χ1n) is 10.8. The number of ether oxygens (including phenoxy) is 2. The van der Waals surface area contributed by atoms with Crippen molar-refractivity contribution in [1.29, 1.82) is 0 Å². The molecule has 0 spiro atoms. The summed E-state index contributed by atoms with van der Waals surface area (Å²) >= 11 is 0. The van der Waals surface area contributed by atoms with E-state index in [4.69, 9.17) is 9.47 Å². The van der Waals surface area contributed by atoms with Crippen LogP contribution in [0.4, 0.5) is 8.78 Å². The summed E-state index contributed by atoms with van der Waals surface area (Å²) in [5.41, 5.74) is 1.58. The molecule has 0 aliphatic carbocycles. The summed E-state index contributed by atoms with van der Waals surface area (Å²) in [6.45, 7) is 11.4. The van der Waals surface area contributed by atoms with Crippen molar-refractivity contribution < 1.29 is 18.3 Å². The fourth-order valence-electron chi connectivity index (χ4n) is 4.18. The zero-order valence-corrected chi connectivity index (χ0v) is 19.7. The van der Waals surface area contributed by atoms with Gasteiger partial charge in [0, 0.05) is 36.0 Å². The SMILES string of the molecule is Cc1c[nH]c2ccc(OC(C)(C)Cc3c(F)c4cc(OC(C)(C)C)ccc4n3C)c(F)c12. The van der Waals surface area contributed by atoms with Crippen molar-refractivity contribution in [3.05, 3.63) is 59.4 Å². The third-order valence-electron chi connectivity index (χ3n) is 5.57. The van der Waals surface area contributed by atoms with Crippen molar-refractivity contribution in [3.63, 3.8) is 0 Å². The van der Waals surface area contributed by atoms with Gasteiger partial charge in [-0.15, -0.1) is 0 Å². The van der Waals surface area contributed by atoms with Crippen LogP contribution in [0.15, 0.2) is 36.5 Å². The molecular weight excluding hydrogens is 410 g/mol. The first kappa shape index (κ1) is 22.2. The topological polar surface area (TPSA) is 39.2 Å². The van der Waals surface area contributed by atoms with Gasteiger partial charge >= 0.3 is 0 Å². The molecule has 0 fully saturated rings. The molecule has 2 heterocycles. The average Bonchev–Trinajstić information content (AvgIpc) is 3.16. The number of H-pyrrole nitrogens is 1. The van der Waals surface area contributed by atoms with Crippen LogP contribution in [-0.2, 0) is 13.5 Å². The summed E-state index contributed by atoms with van der Waals surface area (Å²) in [6, 6.07) is 8.85. The zero-order chi connectivity index (χ0) is 23.4. The number of aryl methyl sites for hydroxylation is 2. The Morgan fingerprint density at radius 3 is 2.38 bits per heavy atom. The van der Waals surface area contributed by atoms with Gasteiger partial charge in [-0.05, 0) is 77.4 Å². The second kappa shape index (κ2) is 7.54. The Morgan fingerprint density at radius 2 is 1.69 bits per heavy atom. The number of rotatable bonds is 5. The van der Waals surface area contributed by atoms with E-state index in [1.165, 1.54) is 0 Å². The highest BCUT2D eigenvalue weighted by Crippen LogP contribution is 2.34. The van der Waals surface area contributed by atoms with E-state index in [2.05, 4.69) is 4.98 Å². The van der Waals surface area contributed by atoms with Gasteiger partial charge in [0.15, 0.2) is 17.4 Å². The fourth-order valence-corrected chi connectivity index (χ4v) is 4.18. The molecule has 0 aliphatic heterocycles. The summed E-state index contributed by atoms with van der Waals surface area (Å²) < 4.78 is 44.4. The van der Waals surface area contributed by atoms with E-state index in [9.17, 15) is 0 Å². The summed E-state index contributed by atoms with van der Waals surface area (Å²) in [5, 5.41) is 1.01. The third kappa shape index (κ3) is 4.06. The molecule has 0 bridgehead atoms. The Labute approximate surface area is 187 Å². The van der Waals surface area contributed by atoms with Crippen molar-refractivity contribution in [2.45, 2.75) is 59.2 Å². The predicted molar refractivity (Wildman–Crippen MR) is 125 cm³/mol. The number of nitrogens with zero attached hydrogens (tertiary/aromatic N) is 1. The van der Waals surface area contributed by atoms with Crippen LogP contribution < -0.4 is 9.47 Å². The second-order valence-corrected chi connectivity index (χ2v) is 10.0. The molecule has 0 amide bonds. The molecule has 0 aliphatic rings. The molecule has 4 aromatic rings. The van der Waals surface area contributed by atoms with Crippen LogP contribution >= 0.6 is 0 Å². The minimum absolute atomic E-state index is 0.158. The van der Waals surface area contributed by atoms with Gasteiger partial charge in [0.05, 0.1) is 11.2 Å². The number of nitrogens with one attached hydrogen (secondary N) is 1. The highest BCUT2D eigenvalue weighted by Gasteiger charge is 2.28. The highest BCUT2D eigenvalue weighted by atomic mass is 19.1. The molecule has 170 valence electrons. The van der Waals surface area contributed by atoms with Gasteiger partial charge < -0.3 is 19.0 Å². The lowest BCUT2D eigenvalue weighted by atomic mass is 10.0. The Hall–Kier alpha value is -3.02. The smallest absolute Gasteiger partial charge is 0.174 e. The Morgan fingerprint density at radius 1 is 0.969 bits per heavy atom. The van der Waals surface area contributed by atoms with Gasteiger partial charge in [0.2, 0.25) is 0 Å². The first-order chi connectivity index (χ1) is 14.9. The molecule has 0 unspecified atom stereocenters. The minimum Gasteiger partial charge on any atom is -0.488 e. The van der Waals surface area contributed by atoms with Crippen LogP contribution in [0.5, 0.6) is 11.5 Å². The molecule has 0 saturated carbocycles. The Balaban J connectivity index is 1.66. The van der Waals surface area contributed by atoms with Crippen molar-refractivity contribution >= 4 is 21.8 Å². The van der Waals surface area contributed by atoms with E-state index in [1.54, 1.807) is 24.4 Å². The van der Waals surface area contributed by atoms with Crippen molar-refractivity contribution in [1.82, 2.24) is 9.55 Å². The van der Waals surface area contributed by atoms with Crippen LogP contribution in [0.25, 0.3) is 21.8 Å². The van der Waals surface area contributed by atoms with Crippen LogP contribution in [-0.4, -0.2) is 20.8 Å². The maximum Gasteiger partial charge on any atom is 0.174 e. The molecule has 1 N–H and O–H groups in total. The van der Waals surface area contributed by atoms with Crippen LogP contribution in [0.1, 0.15) is 45.9 Å². The number of hydrogen-bond donors (Lipinski definition) is 1. The van der Waals surface area contributed by atoms with Gasteiger partial charge in [-0.1, -0.05) is 0 Å². The van der Waals surface area contributed by atoms with Crippen molar-refractivity contribution in [2.75, 3.05) is 0 Å². The number of aromatic amines is 1. The average molecular weight is 441 g/mol. The van der Waals surface area contributed by atoms with Gasteiger partial charge in [0.1, 0.15) is 17.0 Å². The number of benzene rings is 2. The summed E-state index contributed by atoms with van der Waals surface area (Å²) in [7, 11) is 1.83. The van der Waals surface area contributed by atoms with Gasteiger partial charge in [-0.25, -0.2) is 8.78 Å². The van der Waals surface area contributed by atoms with Gasteiger partial charge in [-0.2, -0.15) is 0 Å². The maximum absolute atomic E-state index is 15.5. The summed E-state index contributed by atoms with van der Waals surface area (Å²) in [6.07, 6.45) is 2.04. The molecule has 6 heteroatoms. The molecule has 0 atom stereocenters. The van der Waals surface area contributed by atoms with E-state index in [-0.39, 0.29) is 23.6 Å². The summed E-state index contributed by atoms with van der Waals surface area (Å²) in [5.74, 6) is 0.0609. The standard InChI is InChI=1S/C26H30F2N2O2/c1-15-14-29-18-9-11-21(24(28)22(15)18)32-26(5,6)13-20-23(27)17-12-16(31-25(2,3)4)8-10-19(17)30(20)7/h8-12,14,29H,13H2,1-7H3. The van der Waals surface area contributed by atoms with Crippen molar-refractivity contribution in [2.24, 2.45) is 7.05 Å². The molecule has 32 heavy (non-hydrogen) atoms. The molecular formula is C26H30F2N2O2. The predicted octanol–water partition coefficient (Wildman–Crippen LogP) is 6.82. The van der Waals surface area contributed by atoms with Gasteiger partial charge in [-0.3, -0.25) is 0 Å². The lowest BCUT2D eigenvalue weighted by Crippen LogP contribution is -2.32. The maximum atomic E-state index is 15.5. The van der Waals surface area contributed by atoms with Gasteiger partial charge in [0.25, 0.3) is 0 Å². The van der Waals surface area contributed by atoms with Crippen LogP contribution in [0.3, 0.4) is 0 Å². The minimum atomic E-state index is -0.841. The highest BCUT2D eigenvalue weighted by molar-refractivity contribution is 5.85.